The molecule has 5 rings (SSSR count). The lowest BCUT2D eigenvalue weighted by molar-refractivity contribution is -0.142. The molecule has 1 aliphatic carbocycles. The van der Waals surface area contributed by atoms with Crippen LogP contribution in [0.15, 0.2) is 18.2 Å². The Labute approximate surface area is 213 Å². The Balaban J connectivity index is 1.17. The summed E-state index contributed by atoms with van der Waals surface area (Å²) >= 11 is 0. The van der Waals surface area contributed by atoms with Crippen molar-refractivity contribution in [2.24, 2.45) is 0 Å². The summed E-state index contributed by atoms with van der Waals surface area (Å²) in [6.45, 7) is 3.58. The monoisotopic (exact) mass is 500 g/mol. The topological polar surface area (TPSA) is 112 Å². The molecule has 36 heavy (non-hydrogen) atoms. The third kappa shape index (κ3) is 6.12. The summed E-state index contributed by atoms with van der Waals surface area (Å²) in [6, 6.07) is 5.74. The summed E-state index contributed by atoms with van der Waals surface area (Å²) in [6.07, 6.45) is 7.96. The van der Waals surface area contributed by atoms with Gasteiger partial charge >= 0.3 is 6.03 Å². The van der Waals surface area contributed by atoms with E-state index in [0.29, 0.717) is 18.7 Å². The summed E-state index contributed by atoms with van der Waals surface area (Å²) in [4.78, 5) is 27.5. The minimum Gasteiger partial charge on any atom is -0.487 e. The van der Waals surface area contributed by atoms with Gasteiger partial charge in [0.15, 0.2) is 0 Å². The number of amides is 3. The number of aliphatic hydroxyl groups excluding tert-OH is 1. The number of likely N-dealkylation sites (tertiary alicyclic amines) is 1. The van der Waals surface area contributed by atoms with Crippen molar-refractivity contribution in [1.29, 1.82) is 0 Å². The third-order valence-electron chi connectivity index (χ3n) is 8.06. The lowest BCUT2D eigenvalue weighted by atomic mass is 9.84. The average Bonchev–Trinajstić information content (AvgIpc) is 3.52. The molecule has 1 aromatic rings. The fourth-order valence-corrected chi connectivity index (χ4v) is 6.21. The molecule has 0 spiro atoms. The summed E-state index contributed by atoms with van der Waals surface area (Å²) in [7, 11) is 0. The van der Waals surface area contributed by atoms with Crippen LogP contribution in [-0.4, -0.2) is 79.1 Å². The number of nitrogens with zero attached hydrogens (tertiary/aromatic N) is 1. The SMILES string of the molecule is O=C(C[C@@H]1C[C@@H]2c3cc(NC(=O)NC4CCCC4)ccc3O[C@@H]2[C@H](CO)O1)NCCN1CCCCC1. The zero-order valence-corrected chi connectivity index (χ0v) is 21.0. The van der Waals surface area contributed by atoms with Crippen molar-refractivity contribution >= 4 is 17.6 Å². The van der Waals surface area contributed by atoms with E-state index in [1.165, 1.54) is 19.3 Å². The van der Waals surface area contributed by atoms with Gasteiger partial charge in [-0.3, -0.25) is 4.79 Å². The Hall–Kier alpha value is -2.36. The average molecular weight is 501 g/mol. The molecule has 0 radical (unpaired) electrons. The molecule has 1 aromatic carbocycles. The molecule has 1 saturated carbocycles. The van der Waals surface area contributed by atoms with Crippen molar-refractivity contribution in [1.82, 2.24) is 15.5 Å². The molecule has 4 aliphatic rings. The fourth-order valence-electron chi connectivity index (χ4n) is 6.21. The number of rotatable bonds is 8. The Morgan fingerprint density at radius 2 is 1.89 bits per heavy atom. The third-order valence-corrected chi connectivity index (χ3v) is 8.06. The number of nitrogens with one attached hydrogen (secondary N) is 3. The van der Waals surface area contributed by atoms with Crippen LogP contribution < -0.4 is 20.7 Å². The second-order valence-corrected chi connectivity index (χ2v) is 10.7. The van der Waals surface area contributed by atoms with Gasteiger partial charge in [0.1, 0.15) is 18.0 Å². The zero-order valence-electron chi connectivity index (χ0n) is 21.0. The van der Waals surface area contributed by atoms with Crippen LogP contribution in [0.1, 0.15) is 69.3 Å². The van der Waals surface area contributed by atoms with E-state index in [0.717, 1.165) is 56.6 Å². The zero-order chi connectivity index (χ0) is 24.9. The summed E-state index contributed by atoms with van der Waals surface area (Å²) in [5.41, 5.74) is 1.71. The highest BCUT2D eigenvalue weighted by Gasteiger charge is 2.46. The lowest BCUT2D eigenvalue weighted by Crippen LogP contribution is -2.47. The summed E-state index contributed by atoms with van der Waals surface area (Å²) in [5, 5.41) is 19.0. The van der Waals surface area contributed by atoms with Crippen molar-refractivity contribution < 1.29 is 24.2 Å². The molecule has 0 aromatic heterocycles. The van der Waals surface area contributed by atoms with E-state index in [-0.39, 0.29) is 49.1 Å². The van der Waals surface area contributed by atoms with Gasteiger partial charge in [-0.1, -0.05) is 19.3 Å². The standard InChI is InChI=1S/C27H40N4O5/c32-17-24-26-22(15-20(35-24)16-25(33)28-10-13-31-11-4-1-5-12-31)21-14-19(8-9-23(21)36-26)30-27(34)29-18-6-2-3-7-18/h8-9,14,18,20,22,24,26,32H,1-7,10-13,15-17H2,(H,28,33)(H2,29,30,34)/t20-,22+,24-,26-/m0/s1. The van der Waals surface area contributed by atoms with Crippen LogP contribution in [0.25, 0.3) is 0 Å². The van der Waals surface area contributed by atoms with Crippen LogP contribution in [0.3, 0.4) is 0 Å². The normalized spacial score (nSPS) is 28.1. The van der Waals surface area contributed by atoms with Gasteiger partial charge < -0.3 is 35.4 Å². The molecule has 9 heteroatoms. The van der Waals surface area contributed by atoms with E-state index < -0.39 is 6.10 Å². The van der Waals surface area contributed by atoms with Crippen molar-refractivity contribution in [2.45, 2.75) is 88.1 Å². The second-order valence-electron chi connectivity index (χ2n) is 10.7. The number of ether oxygens (including phenoxy) is 2. The van der Waals surface area contributed by atoms with Gasteiger partial charge in [0.05, 0.1) is 19.1 Å². The van der Waals surface area contributed by atoms with Crippen LogP contribution in [-0.2, 0) is 9.53 Å². The van der Waals surface area contributed by atoms with Crippen molar-refractivity contribution in [3.05, 3.63) is 23.8 Å². The van der Waals surface area contributed by atoms with Gasteiger partial charge in [0.2, 0.25) is 5.91 Å². The van der Waals surface area contributed by atoms with E-state index in [1.54, 1.807) is 0 Å². The molecule has 3 aliphatic heterocycles. The number of urea groups is 1. The number of anilines is 1. The molecule has 4 atom stereocenters. The van der Waals surface area contributed by atoms with Gasteiger partial charge in [-0.15, -0.1) is 0 Å². The van der Waals surface area contributed by atoms with E-state index in [9.17, 15) is 14.7 Å². The molecule has 4 N–H and O–H groups in total. The highest BCUT2D eigenvalue weighted by atomic mass is 16.6. The molecule has 0 unspecified atom stereocenters. The van der Waals surface area contributed by atoms with E-state index in [2.05, 4.69) is 20.9 Å². The first-order chi connectivity index (χ1) is 17.6. The van der Waals surface area contributed by atoms with Crippen molar-refractivity contribution in [3.63, 3.8) is 0 Å². The maximum absolute atomic E-state index is 12.6. The molecular formula is C27H40N4O5. The maximum Gasteiger partial charge on any atom is 0.319 e. The van der Waals surface area contributed by atoms with E-state index in [4.69, 9.17) is 9.47 Å². The molecule has 3 heterocycles. The molecule has 0 bridgehead atoms. The number of fused-ring (bicyclic) bond motifs is 3. The first-order valence-corrected chi connectivity index (χ1v) is 13.7. The highest BCUT2D eigenvalue weighted by Crippen LogP contribution is 2.47. The number of aliphatic hydroxyl groups is 1. The summed E-state index contributed by atoms with van der Waals surface area (Å²) in [5.74, 6) is 0.724. The van der Waals surface area contributed by atoms with Crippen LogP contribution in [0.5, 0.6) is 5.75 Å². The van der Waals surface area contributed by atoms with Gasteiger partial charge in [-0.05, 0) is 63.4 Å². The molecular weight excluding hydrogens is 460 g/mol. The number of piperidine rings is 1. The van der Waals surface area contributed by atoms with Crippen molar-refractivity contribution in [3.8, 4) is 5.75 Å². The predicted octanol–water partition coefficient (Wildman–Crippen LogP) is 2.74. The minimum absolute atomic E-state index is 0.00306. The molecule has 9 nitrogen and oxygen atoms in total. The maximum atomic E-state index is 12.6. The minimum atomic E-state index is -0.496. The molecule has 3 fully saturated rings. The number of carbonyl (C=O) groups excluding carboxylic acids is 2. The van der Waals surface area contributed by atoms with Gasteiger partial charge in [0.25, 0.3) is 0 Å². The second kappa shape index (κ2) is 11.8. The highest BCUT2D eigenvalue weighted by molar-refractivity contribution is 5.89. The quantitative estimate of drug-likeness (QED) is 0.437. The van der Waals surface area contributed by atoms with Crippen molar-refractivity contribution in [2.75, 3.05) is 38.1 Å². The Bertz CT molecular complexity index is 915. The first kappa shape index (κ1) is 25.3. The lowest BCUT2D eigenvalue weighted by Gasteiger charge is -2.37. The molecule has 3 amide bonds. The van der Waals surface area contributed by atoms with Crippen LogP contribution in [0, 0.1) is 0 Å². The Kier molecular flexibility index (Phi) is 8.29. The van der Waals surface area contributed by atoms with E-state index >= 15 is 0 Å². The van der Waals surface area contributed by atoms with Gasteiger partial charge in [-0.2, -0.15) is 0 Å². The number of hydrogen-bond donors (Lipinski definition) is 4. The smallest absolute Gasteiger partial charge is 0.319 e. The molecule has 2 saturated heterocycles. The number of carbonyl (C=O) groups is 2. The van der Waals surface area contributed by atoms with Crippen LogP contribution in [0.2, 0.25) is 0 Å². The number of hydrogen-bond acceptors (Lipinski definition) is 6. The predicted molar refractivity (Wildman–Crippen MR) is 136 cm³/mol. The molecule has 198 valence electrons. The largest absolute Gasteiger partial charge is 0.487 e. The Morgan fingerprint density at radius 3 is 2.67 bits per heavy atom. The van der Waals surface area contributed by atoms with Gasteiger partial charge in [0, 0.05) is 36.3 Å². The van der Waals surface area contributed by atoms with E-state index in [1.807, 2.05) is 18.2 Å². The fraction of sp³-hybridized carbons (Fsp3) is 0.704. The summed E-state index contributed by atoms with van der Waals surface area (Å²) < 4.78 is 12.2. The van der Waals surface area contributed by atoms with Crippen LogP contribution >= 0.6 is 0 Å². The first-order valence-electron chi connectivity index (χ1n) is 13.7. The van der Waals surface area contributed by atoms with Crippen LogP contribution in [0.4, 0.5) is 10.5 Å². The Morgan fingerprint density at radius 1 is 1.08 bits per heavy atom. The van der Waals surface area contributed by atoms with Gasteiger partial charge in [-0.25, -0.2) is 4.79 Å². The number of benzene rings is 1.